The highest BCUT2D eigenvalue weighted by atomic mass is 16.6. The minimum absolute atomic E-state index is 0.0451. The van der Waals surface area contributed by atoms with Crippen molar-refractivity contribution in [2.75, 3.05) is 13.2 Å². The predicted octanol–water partition coefficient (Wildman–Crippen LogP) is 0.620. The zero-order valence-electron chi connectivity index (χ0n) is 13.7. The number of carbonyl (C=O) groups excluding carboxylic acids is 4. The highest BCUT2D eigenvalue weighted by Crippen LogP contribution is 2.18. The van der Waals surface area contributed by atoms with E-state index in [0.717, 1.165) is 12.2 Å². The summed E-state index contributed by atoms with van der Waals surface area (Å²) in [6, 6.07) is 6.53. The number of hydrogen-bond donors (Lipinski definition) is 2. The van der Waals surface area contributed by atoms with Crippen molar-refractivity contribution in [3.8, 4) is 0 Å². The standard InChI is InChI=1S/C8H4O3.C5H12O2.C4H2O3/c9-7-5-3-1-2-4-6(5)8(10)11-7;1-5(2,3-6)4-7;5-3-1-2-4(6)7-3/h1-4H;6-7H,3-4H2,1-2H3;1-2H. The van der Waals surface area contributed by atoms with Gasteiger partial charge in [-0.25, -0.2) is 19.2 Å². The second kappa shape index (κ2) is 8.86. The van der Waals surface area contributed by atoms with Crippen molar-refractivity contribution in [2.45, 2.75) is 13.8 Å². The average Bonchev–Trinajstić information content (AvgIpc) is 3.11. The fourth-order valence-electron chi connectivity index (χ4n) is 1.39. The zero-order chi connectivity index (χ0) is 19.0. The Hall–Kier alpha value is -2.84. The Bertz CT molecular complexity index is 647. The van der Waals surface area contributed by atoms with Gasteiger partial charge in [0.25, 0.3) is 0 Å². The van der Waals surface area contributed by atoms with Crippen LogP contribution in [0.15, 0.2) is 36.4 Å². The SMILES string of the molecule is CC(C)(CO)CO.O=C1C=CC(=O)O1.O=C1OC(=O)c2ccccc21. The van der Waals surface area contributed by atoms with Gasteiger partial charge in [-0.2, -0.15) is 0 Å². The van der Waals surface area contributed by atoms with Crippen LogP contribution < -0.4 is 0 Å². The topological polar surface area (TPSA) is 127 Å². The highest BCUT2D eigenvalue weighted by molar-refractivity contribution is 6.14. The third-order valence-electron chi connectivity index (χ3n) is 2.97. The van der Waals surface area contributed by atoms with Gasteiger partial charge in [0.15, 0.2) is 0 Å². The number of rotatable bonds is 2. The molecule has 0 atom stereocenters. The van der Waals surface area contributed by atoms with E-state index < -0.39 is 23.9 Å². The number of fused-ring (bicyclic) bond motifs is 1. The molecule has 0 bridgehead atoms. The summed E-state index contributed by atoms with van der Waals surface area (Å²) in [5.41, 5.74) is 0.412. The molecule has 2 heterocycles. The molecule has 2 aliphatic rings. The van der Waals surface area contributed by atoms with E-state index >= 15 is 0 Å². The van der Waals surface area contributed by atoms with Crippen LogP contribution >= 0.6 is 0 Å². The van der Waals surface area contributed by atoms with E-state index in [2.05, 4.69) is 9.47 Å². The number of carbonyl (C=O) groups is 4. The van der Waals surface area contributed by atoms with Crippen LogP contribution in [0.25, 0.3) is 0 Å². The van der Waals surface area contributed by atoms with Crippen molar-refractivity contribution < 1.29 is 38.9 Å². The number of hydrogen-bond acceptors (Lipinski definition) is 8. The summed E-state index contributed by atoms with van der Waals surface area (Å²) >= 11 is 0. The Balaban J connectivity index is 0.000000197. The lowest BCUT2D eigenvalue weighted by Gasteiger charge is -2.16. The lowest BCUT2D eigenvalue weighted by molar-refractivity contribution is -0.150. The second-order valence-electron chi connectivity index (χ2n) is 5.78. The molecule has 134 valence electrons. The molecular weight excluding hydrogens is 332 g/mol. The van der Waals surface area contributed by atoms with Crippen molar-refractivity contribution in [1.82, 2.24) is 0 Å². The van der Waals surface area contributed by atoms with E-state index in [-0.39, 0.29) is 18.6 Å². The van der Waals surface area contributed by atoms with Crippen LogP contribution in [-0.4, -0.2) is 47.3 Å². The molecule has 2 N–H and O–H groups in total. The molecule has 0 amide bonds. The Labute approximate surface area is 143 Å². The number of cyclic esters (lactones) is 4. The predicted molar refractivity (Wildman–Crippen MR) is 84.4 cm³/mol. The number of ether oxygens (including phenoxy) is 2. The molecule has 0 aliphatic carbocycles. The van der Waals surface area contributed by atoms with Gasteiger partial charge in [0, 0.05) is 17.6 Å². The van der Waals surface area contributed by atoms with Crippen molar-refractivity contribution in [3.05, 3.63) is 47.5 Å². The molecule has 0 aromatic heterocycles. The minimum atomic E-state index is -0.579. The Kier molecular flexibility index (Phi) is 7.16. The van der Waals surface area contributed by atoms with Gasteiger partial charge in [-0.05, 0) is 12.1 Å². The second-order valence-corrected chi connectivity index (χ2v) is 5.78. The summed E-state index contributed by atoms with van der Waals surface area (Å²) in [7, 11) is 0. The first-order chi connectivity index (χ1) is 11.7. The Morgan fingerprint density at radius 2 is 1.20 bits per heavy atom. The van der Waals surface area contributed by atoms with Crippen molar-refractivity contribution in [3.63, 3.8) is 0 Å². The van der Waals surface area contributed by atoms with Crippen molar-refractivity contribution in [1.29, 1.82) is 0 Å². The third-order valence-corrected chi connectivity index (χ3v) is 2.97. The molecule has 1 aromatic carbocycles. The smallest absolute Gasteiger partial charge is 0.346 e. The number of aliphatic hydroxyl groups excluding tert-OH is 2. The molecule has 8 nitrogen and oxygen atoms in total. The van der Waals surface area contributed by atoms with Crippen molar-refractivity contribution in [2.24, 2.45) is 5.41 Å². The summed E-state index contributed by atoms with van der Waals surface area (Å²) < 4.78 is 8.33. The largest absolute Gasteiger partial charge is 0.396 e. The van der Waals surface area contributed by atoms with Gasteiger partial charge in [-0.1, -0.05) is 26.0 Å². The van der Waals surface area contributed by atoms with Crippen LogP contribution in [0, 0.1) is 5.41 Å². The van der Waals surface area contributed by atoms with Gasteiger partial charge in [-0.15, -0.1) is 0 Å². The normalized spacial score (nSPS) is 14.7. The number of benzene rings is 1. The minimum Gasteiger partial charge on any atom is -0.396 e. The molecule has 3 rings (SSSR count). The van der Waals surface area contributed by atoms with Crippen LogP contribution in [0.2, 0.25) is 0 Å². The Morgan fingerprint density at radius 1 is 0.800 bits per heavy atom. The summed E-state index contributed by atoms with van der Waals surface area (Å²) in [6.45, 7) is 3.69. The first-order valence-electron chi connectivity index (χ1n) is 7.21. The fraction of sp³-hybridized carbons (Fsp3) is 0.294. The van der Waals surface area contributed by atoms with E-state index in [1.165, 1.54) is 0 Å². The van der Waals surface area contributed by atoms with E-state index in [4.69, 9.17) is 10.2 Å². The van der Waals surface area contributed by atoms with Crippen LogP contribution in [0.1, 0.15) is 34.6 Å². The maximum absolute atomic E-state index is 10.8. The third kappa shape index (κ3) is 6.28. The molecule has 8 heteroatoms. The summed E-state index contributed by atoms with van der Waals surface area (Å²) in [4.78, 5) is 41.5. The highest BCUT2D eigenvalue weighted by Gasteiger charge is 2.28. The van der Waals surface area contributed by atoms with Crippen molar-refractivity contribution >= 4 is 23.9 Å². The average molecular weight is 350 g/mol. The van der Waals surface area contributed by atoms with E-state index in [9.17, 15) is 19.2 Å². The van der Waals surface area contributed by atoms with E-state index in [0.29, 0.717) is 11.1 Å². The Morgan fingerprint density at radius 3 is 1.44 bits per heavy atom. The van der Waals surface area contributed by atoms with Gasteiger partial charge in [-0.3, -0.25) is 0 Å². The fourth-order valence-corrected chi connectivity index (χ4v) is 1.39. The molecule has 0 saturated heterocycles. The van der Waals surface area contributed by atoms with Crippen LogP contribution in [0.5, 0.6) is 0 Å². The summed E-state index contributed by atoms with van der Waals surface area (Å²) in [5.74, 6) is -2.26. The summed E-state index contributed by atoms with van der Waals surface area (Å²) in [5, 5.41) is 16.9. The van der Waals surface area contributed by atoms with E-state index in [1.54, 1.807) is 38.1 Å². The molecule has 0 radical (unpaired) electrons. The van der Waals surface area contributed by atoms with Crippen LogP contribution in [0.3, 0.4) is 0 Å². The summed E-state index contributed by atoms with van der Waals surface area (Å²) in [6.07, 6.45) is 2.17. The first kappa shape index (κ1) is 20.2. The van der Waals surface area contributed by atoms with Gasteiger partial charge in [0.2, 0.25) is 0 Å². The molecule has 0 unspecified atom stereocenters. The monoisotopic (exact) mass is 350 g/mol. The number of esters is 4. The molecule has 1 aromatic rings. The van der Waals surface area contributed by atoms with Gasteiger partial charge in [0.05, 0.1) is 24.3 Å². The lowest BCUT2D eigenvalue weighted by Crippen LogP contribution is -2.20. The van der Waals surface area contributed by atoms with Crippen LogP contribution in [0.4, 0.5) is 0 Å². The lowest BCUT2D eigenvalue weighted by atomic mass is 9.97. The zero-order valence-corrected chi connectivity index (χ0v) is 13.7. The molecule has 25 heavy (non-hydrogen) atoms. The number of aliphatic hydroxyl groups is 2. The molecule has 0 fully saturated rings. The van der Waals surface area contributed by atoms with Crippen LogP contribution in [-0.2, 0) is 19.1 Å². The molecule has 2 aliphatic heterocycles. The first-order valence-corrected chi connectivity index (χ1v) is 7.21. The van der Waals surface area contributed by atoms with Gasteiger partial charge >= 0.3 is 23.9 Å². The van der Waals surface area contributed by atoms with E-state index in [1.807, 2.05) is 0 Å². The molecule has 0 spiro atoms. The molecule has 0 saturated carbocycles. The maximum Gasteiger partial charge on any atom is 0.346 e. The maximum atomic E-state index is 10.8. The van der Waals surface area contributed by atoms with Gasteiger partial charge < -0.3 is 19.7 Å². The quantitative estimate of drug-likeness (QED) is 0.587. The van der Waals surface area contributed by atoms with Gasteiger partial charge in [0.1, 0.15) is 0 Å². The molecular formula is C17H18O8.